The summed E-state index contributed by atoms with van der Waals surface area (Å²) in [6, 6.07) is 4.31. The van der Waals surface area contributed by atoms with Crippen molar-refractivity contribution in [2.45, 2.75) is 56.9 Å². The number of imidazole rings is 1. The van der Waals surface area contributed by atoms with E-state index in [0.717, 1.165) is 43.1 Å². The minimum absolute atomic E-state index is 0.115. The van der Waals surface area contributed by atoms with E-state index in [4.69, 9.17) is 0 Å². The van der Waals surface area contributed by atoms with Gasteiger partial charge in [0, 0.05) is 57.7 Å². The zero-order valence-electron chi connectivity index (χ0n) is 17.0. The Balaban J connectivity index is 1.46. The molecule has 1 saturated carbocycles. The van der Waals surface area contributed by atoms with Gasteiger partial charge < -0.3 is 14.4 Å². The second-order valence-corrected chi connectivity index (χ2v) is 8.24. The van der Waals surface area contributed by atoms with Crippen molar-refractivity contribution in [3.8, 4) is 0 Å². The van der Waals surface area contributed by atoms with Gasteiger partial charge in [0.25, 0.3) is 5.91 Å². The number of pyridine rings is 1. The molecule has 1 saturated heterocycles. The van der Waals surface area contributed by atoms with E-state index in [1.54, 1.807) is 6.20 Å². The molecule has 1 aliphatic heterocycles. The van der Waals surface area contributed by atoms with Crippen LogP contribution in [0.15, 0.2) is 30.7 Å². The number of anilines is 1. The molecule has 0 bridgehead atoms. The highest BCUT2D eigenvalue weighted by Gasteiger charge is 2.29. The Morgan fingerprint density at radius 1 is 1.07 bits per heavy atom. The summed E-state index contributed by atoms with van der Waals surface area (Å²) in [6.45, 7) is 1.55. The van der Waals surface area contributed by atoms with Crippen LogP contribution in [0.5, 0.6) is 0 Å². The minimum atomic E-state index is 0.115. The summed E-state index contributed by atoms with van der Waals surface area (Å²) in [5.74, 6) is 2.52. The van der Waals surface area contributed by atoms with Crippen LogP contribution in [0.2, 0.25) is 0 Å². The molecule has 2 aliphatic rings. The van der Waals surface area contributed by atoms with Crippen molar-refractivity contribution >= 4 is 11.7 Å². The molecule has 0 aromatic carbocycles. The van der Waals surface area contributed by atoms with Crippen LogP contribution in [-0.4, -0.2) is 51.5 Å². The van der Waals surface area contributed by atoms with E-state index < -0.39 is 0 Å². The summed E-state index contributed by atoms with van der Waals surface area (Å²) in [7, 11) is 4.14. The number of aromatic nitrogens is 3. The average Bonchev–Trinajstić information content (AvgIpc) is 3.19. The van der Waals surface area contributed by atoms with Gasteiger partial charge in [-0.25, -0.2) is 9.97 Å². The van der Waals surface area contributed by atoms with Gasteiger partial charge in [-0.15, -0.1) is 0 Å². The topological polar surface area (TPSA) is 54.3 Å². The van der Waals surface area contributed by atoms with Gasteiger partial charge >= 0.3 is 0 Å². The van der Waals surface area contributed by atoms with Gasteiger partial charge in [-0.2, -0.15) is 0 Å². The van der Waals surface area contributed by atoms with Crippen LogP contribution in [0, 0.1) is 0 Å². The predicted octanol–water partition coefficient (Wildman–Crippen LogP) is 3.60. The molecule has 150 valence electrons. The summed E-state index contributed by atoms with van der Waals surface area (Å²) in [4.78, 5) is 26.6. The van der Waals surface area contributed by atoms with E-state index in [9.17, 15) is 4.79 Å². The number of hydrogen-bond acceptors (Lipinski definition) is 4. The van der Waals surface area contributed by atoms with Crippen molar-refractivity contribution in [3.63, 3.8) is 0 Å². The normalized spacial score (nSPS) is 19.0. The second kappa shape index (κ2) is 8.33. The molecular weight excluding hydrogens is 350 g/mol. The Labute approximate surface area is 167 Å². The number of likely N-dealkylation sites (tertiary alicyclic amines) is 1. The summed E-state index contributed by atoms with van der Waals surface area (Å²) >= 11 is 0. The number of carbonyl (C=O) groups excluding carboxylic acids is 1. The van der Waals surface area contributed by atoms with E-state index in [1.165, 1.54) is 32.1 Å². The predicted molar refractivity (Wildman–Crippen MR) is 111 cm³/mol. The summed E-state index contributed by atoms with van der Waals surface area (Å²) in [6.07, 6.45) is 13.8. The molecule has 6 heteroatoms. The highest BCUT2D eigenvalue weighted by atomic mass is 16.2. The van der Waals surface area contributed by atoms with Crippen molar-refractivity contribution < 1.29 is 4.79 Å². The first-order valence-electron chi connectivity index (χ1n) is 10.6. The Kier molecular flexibility index (Phi) is 5.64. The van der Waals surface area contributed by atoms with Crippen LogP contribution < -0.4 is 4.90 Å². The smallest absolute Gasteiger partial charge is 0.257 e. The monoisotopic (exact) mass is 381 g/mol. The third-order valence-electron chi connectivity index (χ3n) is 6.48. The van der Waals surface area contributed by atoms with Crippen LogP contribution in [0.25, 0.3) is 0 Å². The lowest BCUT2D eigenvalue weighted by molar-refractivity contribution is 0.0710. The van der Waals surface area contributed by atoms with Crippen molar-refractivity contribution in [1.29, 1.82) is 0 Å². The number of piperidine rings is 1. The van der Waals surface area contributed by atoms with Crippen LogP contribution in [0.1, 0.15) is 67.0 Å². The number of hydrogen-bond donors (Lipinski definition) is 0. The SMILES string of the molecule is CN(c1ncccc1C(=O)N1CCC(c2nccn2C)CC1)C1CCCCC1. The maximum absolute atomic E-state index is 13.3. The van der Waals surface area contributed by atoms with Crippen molar-refractivity contribution in [2.24, 2.45) is 7.05 Å². The average molecular weight is 382 g/mol. The molecule has 4 rings (SSSR count). The molecule has 1 aliphatic carbocycles. The first-order chi connectivity index (χ1) is 13.6. The molecule has 1 amide bonds. The molecule has 0 spiro atoms. The maximum Gasteiger partial charge on any atom is 0.257 e. The number of nitrogens with zero attached hydrogens (tertiary/aromatic N) is 5. The standard InChI is InChI=1S/C22H31N5O/c1-25-16-13-24-20(25)17-10-14-27(15-11-17)22(28)19-9-6-12-23-21(19)26(2)18-7-4-3-5-8-18/h6,9,12-13,16-18H,3-5,7-8,10-11,14-15H2,1-2H3. The third-order valence-corrected chi connectivity index (χ3v) is 6.48. The number of amides is 1. The van der Waals surface area contributed by atoms with Gasteiger partial charge in [0.15, 0.2) is 0 Å². The Hall–Kier alpha value is -2.37. The quantitative estimate of drug-likeness (QED) is 0.812. The molecular formula is C22H31N5O. The summed E-state index contributed by atoms with van der Waals surface area (Å²) < 4.78 is 2.10. The van der Waals surface area contributed by atoms with E-state index in [-0.39, 0.29) is 5.91 Å². The lowest BCUT2D eigenvalue weighted by Gasteiger charge is -2.35. The molecule has 2 aromatic heterocycles. The van der Waals surface area contributed by atoms with Gasteiger partial charge in [0.2, 0.25) is 0 Å². The Morgan fingerprint density at radius 3 is 2.50 bits per heavy atom. The fourth-order valence-electron chi connectivity index (χ4n) is 4.77. The van der Waals surface area contributed by atoms with Crippen LogP contribution in [-0.2, 0) is 7.05 Å². The molecule has 0 radical (unpaired) electrons. The molecule has 0 atom stereocenters. The summed E-state index contributed by atoms with van der Waals surface area (Å²) in [5, 5.41) is 0. The largest absolute Gasteiger partial charge is 0.356 e. The van der Waals surface area contributed by atoms with Crippen LogP contribution >= 0.6 is 0 Å². The second-order valence-electron chi connectivity index (χ2n) is 8.24. The number of carbonyl (C=O) groups is 1. The highest BCUT2D eigenvalue weighted by Crippen LogP contribution is 2.30. The first kappa shape index (κ1) is 19.0. The Morgan fingerprint density at radius 2 is 1.82 bits per heavy atom. The molecule has 2 aromatic rings. The molecule has 28 heavy (non-hydrogen) atoms. The van der Waals surface area contributed by atoms with Crippen molar-refractivity contribution in [2.75, 3.05) is 25.0 Å². The van der Waals surface area contributed by atoms with E-state index in [2.05, 4.69) is 26.5 Å². The van der Waals surface area contributed by atoms with E-state index in [1.807, 2.05) is 36.5 Å². The molecule has 2 fully saturated rings. The third kappa shape index (κ3) is 3.77. The van der Waals surface area contributed by atoms with Gasteiger partial charge in [0.05, 0.1) is 5.56 Å². The summed E-state index contributed by atoms with van der Waals surface area (Å²) in [5.41, 5.74) is 0.742. The lowest BCUT2D eigenvalue weighted by atomic mass is 9.94. The zero-order valence-corrected chi connectivity index (χ0v) is 17.0. The Bertz CT molecular complexity index is 803. The van der Waals surface area contributed by atoms with Gasteiger partial charge in [-0.05, 0) is 37.8 Å². The lowest BCUT2D eigenvalue weighted by Crippen LogP contribution is -2.40. The zero-order chi connectivity index (χ0) is 19.5. The fourth-order valence-corrected chi connectivity index (χ4v) is 4.77. The molecule has 0 unspecified atom stereocenters. The van der Waals surface area contributed by atoms with Gasteiger partial charge in [-0.3, -0.25) is 4.79 Å². The first-order valence-corrected chi connectivity index (χ1v) is 10.6. The van der Waals surface area contributed by atoms with E-state index >= 15 is 0 Å². The molecule has 3 heterocycles. The van der Waals surface area contributed by atoms with E-state index in [0.29, 0.717) is 12.0 Å². The van der Waals surface area contributed by atoms with Gasteiger partial charge in [0.1, 0.15) is 11.6 Å². The van der Waals surface area contributed by atoms with Crippen molar-refractivity contribution in [1.82, 2.24) is 19.4 Å². The molecule has 6 nitrogen and oxygen atoms in total. The van der Waals surface area contributed by atoms with Gasteiger partial charge in [-0.1, -0.05) is 19.3 Å². The van der Waals surface area contributed by atoms with Crippen LogP contribution in [0.3, 0.4) is 0 Å². The molecule has 0 N–H and O–H groups in total. The minimum Gasteiger partial charge on any atom is -0.356 e. The van der Waals surface area contributed by atoms with Crippen LogP contribution in [0.4, 0.5) is 5.82 Å². The number of aryl methyl sites for hydroxylation is 1. The van der Waals surface area contributed by atoms with Crippen molar-refractivity contribution in [3.05, 3.63) is 42.1 Å². The highest BCUT2D eigenvalue weighted by molar-refractivity contribution is 5.99. The maximum atomic E-state index is 13.3. The number of rotatable bonds is 4. The fraction of sp³-hybridized carbons (Fsp3) is 0.591.